The molecule has 4 rings (SSSR count). The van der Waals surface area contributed by atoms with Gasteiger partial charge in [0.1, 0.15) is 16.5 Å². The van der Waals surface area contributed by atoms with E-state index in [-0.39, 0.29) is 11.7 Å². The Morgan fingerprint density at radius 2 is 1.60 bits per heavy atom. The molecule has 0 saturated carbocycles. The first-order chi connectivity index (χ1) is 14.7. The average Bonchev–Trinajstić information content (AvgIpc) is 2.79. The third kappa shape index (κ3) is 4.60. The molecule has 0 radical (unpaired) electrons. The van der Waals surface area contributed by atoms with E-state index in [2.05, 4.69) is 15.5 Å². The van der Waals surface area contributed by atoms with Gasteiger partial charge in [-0.25, -0.2) is 0 Å². The lowest BCUT2D eigenvalue weighted by atomic mass is 10.1. The van der Waals surface area contributed by atoms with Crippen molar-refractivity contribution in [2.45, 2.75) is 11.9 Å². The number of fused-ring (bicyclic) bond motifs is 1. The van der Waals surface area contributed by atoms with E-state index >= 15 is 0 Å². The maximum absolute atomic E-state index is 12.3. The van der Waals surface area contributed by atoms with Gasteiger partial charge in [0.15, 0.2) is 0 Å². The zero-order valence-corrected chi connectivity index (χ0v) is 17.4. The van der Waals surface area contributed by atoms with Crippen molar-refractivity contribution in [1.82, 2.24) is 10.2 Å². The Kier molecular flexibility index (Phi) is 6.25. The van der Waals surface area contributed by atoms with Crippen LogP contribution in [0.5, 0.6) is 5.75 Å². The second-order valence-electron chi connectivity index (χ2n) is 6.56. The normalized spacial score (nSPS) is 10.7. The van der Waals surface area contributed by atoms with Crippen LogP contribution in [-0.4, -0.2) is 28.5 Å². The number of nitrogens with zero attached hydrogens (tertiary/aromatic N) is 2. The van der Waals surface area contributed by atoms with Crippen molar-refractivity contribution in [2.75, 3.05) is 17.7 Å². The van der Waals surface area contributed by atoms with Crippen molar-refractivity contribution in [3.63, 3.8) is 0 Å². The van der Waals surface area contributed by atoms with Gasteiger partial charge in [-0.3, -0.25) is 4.79 Å². The van der Waals surface area contributed by atoms with Crippen LogP contribution in [0.1, 0.15) is 6.92 Å². The van der Waals surface area contributed by atoms with E-state index < -0.39 is 0 Å². The molecule has 0 atom stereocenters. The third-order valence-electron chi connectivity index (χ3n) is 4.49. The summed E-state index contributed by atoms with van der Waals surface area (Å²) in [7, 11) is 0. The highest BCUT2D eigenvalue weighted by atomic mass is 32.2. The predicted octanol–water partition coefficient (Wildman–Crippen LogP) is 5.43. The summed E-state index contributed by atoms with van der Waals surface area (Å²) in [6, 6.07) is 25.3. The molecule has 0 aliphatic heterocycles. The molecule has 6 heteroatoms. The third-order valence-corrected chi connectivity index (χ3v) is 5.47. The van der Waals surface area contributed by atoms with E-state index in [0.29, 0.717) is 6.61 Å². The Morgan fingerprint density at radius 3 is 2.33 bits per heavy atom. The zero-order chi connectivity index (χ0) is 20.8. The molecular weight excluding hydrogens is 394 g/mol. The lowest BCUT2D eigenvalue weighted by Crippen LogP contribution is -2.14. The molecule has 0 aliphatic carbocycles. The molecule has 0 fully saturated rings. The van der Waals surface area contributed by atoms with Crippen LogP contribution in [0.3, 0.4) is 0 Å². The number of carbonyl (C=O) groups excluding carboxylic acids is 1. The highest BCUT2D eigenvalue weighted by Gasteiger charge is 2.13. The highest BCUT2D eigenvalue weighted by molar-refractivity contribution is 8.00. The van der Waals surface area contributed by atoms with Crippen molar-refractivity contribution < 1.29 is 9.53 Å². The van der Waals surface area contributed by atoms with Crippen LogP contribution in [0.15, 0.2) is 83.9 Å². The van der Waals surface area contributed by atoms with E-state index in [1.165, 1.54) is 11.8 Å². The Labute approximate surface area is 179 Å². The molecule has 1 aromatic heterocycles. The average molecular weight is 416 g/mol. The fraction of sp³-hybridized carbons (Fsp3) is 0.125. The van der Waals surface area contributed by atoms with E-state index in [1.54, 1.807) is 0 Å². The van der Waals surface area contributed by atoms with Gasteiger partial charge in [-0.1, -0.05) is 54.2 Å². The number of benzene rings is 3. The van der Waals surface area contributed by atoms with Gasteiger partial charge in [0.2, 0.25) is 5.91 Å². The van der Waals surface area contributed by atoms with Gasteiger partial charge in [-0.05, 0) is 43.3 Å². The molecule has 0 unspecified atom stereocenters. The van der Waals surface area contributed by atoms with Crippen molar-refractivity contribution in [1.29, 1.82) is 0 Å². The first kappa shape index (κ1) is 19.9. The lowest BCUT2D eigenvalue weighted by molar-refractivity contribution is -0.113. The summed E-state index contributed by atoms with van der Waals surface area (Å²) >= 11 is 1.38. The van der Waals surface area contributed by atoms with Crippen LogP contribution < -0.4 is 10.1 Å². The van der Waals surface area contributed by atoms with Gasteiger partial charge in [0.05, 0.1) is 12.4 Å². The van der Waals surface area contributed by atoms with Crippen molar-refractivity contribution in [2.24, 2.45) is 0 Å². The number of nitrogens with one attached hydrogen (secondary N) is 1. The topological polar surface area (TPSA) is 64.1 Å². The fourth-order valence-corrected chi connectivity index (χ4v) is 3.90. The molecule has 0 bridgehead atoms. The molecule has 0 aliphatic rings. The van der Waals surface area contributed by atoms with E-state index in [1.807, 2.05) is 85.8 Å². The minimum Gasteiger partial charge on any atom is -0.494 e. The van der Waals surface area contributed by atoms with E-state index in [9.17, 15) is 4.79 Å². The van der Waals surface area contributed by atoms with Gasteiger partial charge in [0.25, 0.3) is 0 Å². The smallest absolute Gasteiger partial charge is 0.234 e. The highest BCUT2D eigenvalue weighted by Crippen LogP contribution is 2.32. The standard InChI is InChI=1S/C24H21N3O2S/c1-2-29-19-14-12-17(13-15-19)23-20-10-6-7-11-21(20)24(27-26-23)30-16-22(28)25-18-8-4-3-5-9-18/h3-15H,2,16H2,1H3,(H,25,28). The summed E-state index contributed by atoms with van der Waals surface area (Å²) in [5.74, 6) is 1.01. The molecule has 1 amide bonds. The number of hydrogen-bond acceptors (Lipinski definition) is 5. The molecule has 150 valence electrons. The number of carbonyl (C=O) groups is 1. The first-order valence-electron chi connectivity index (χ1n) is 9.71. The number of hydrogen-bond donors (Lipinski definition) is 1. The van der Waals surface area contributed by atoms with Crippen molar-refractivity contribution >= 4 is 34.1 Å². The molecule has 1 N–H and O–H groups in total. The maximum Gasteiger partial charge on any atom is 0.234 e. The second kappa shape index (κ2) is 9.41. The van der Waals surface area contributed by atoms with Gasteiger partial charge < -0.3 is 10.1 Å². The summed E-state index contributed by atoms with van der Waals surface area (Å²) in [4.78, 5) is 12.3. The number of thioether (sulfide) groups is 1. The van der Waals surface area contributed by atoms with Crippen molar-refractivity contribution in [3.05, 3.63) is 78.9 Å². The van der Waals surface area contributed by atoms with Crippen LogP contribution in [0.25, 0.3) is 22.0 Å². The predicted molar refractivity (Wildman–Crippen MR) is 122 cm³/mol. The number of rotatable bonds is 7. The second-order valence-corrected chi connectivity index (χ2v) is 7.52. The van der Waals surface area contributed by atoms with Gasteiger partial charge in [-0.2, -0.15) is 0 Å². The zero-order valence-electron chi connectivity index (χ0n) is 16.5. The monoisotopic (exact) mass is 415 g/mol. The number of ether oxygens (including phenoxy) is 1. The Balaban J connectivity index is 1.55. The quantitative estimate of drug-likeness (QED) is 0.408. The number of amides is 1. The summed E-state index contributed by atoms with van der Waals surface area (Å²) in [6.45, 7) is 2.59. The summed E-state index contributed by atoms with van der Waals surface area (Å²) in [5.41, 5.74) is 2.57. The Morgan fingerprint density at radius 1 is 0.900 bits per heavy atom. The van der Waals surface area contributed by atoms with Crippen LogP contribution in [0, 0.1) is 0 Å². The minimum absolute atomic E-state index is 0.0762. The molecular formula is C24H21N3O2S. The number of anilines is 1. The number of aromatic nitrogens is 2. The molecule has 30 heavy (non-hydrogen) atoms. The van der Waals surface area contributed by atoms with Crippen molar-refractivity contribution in [3.8, 4) is 17.0 Å². The molecule has 5 nitrogen and oxygen atoms in total. The Bertz CT molecular complexity index is 1150. The lowest BCUT2D eigenvalue weighted by Gasteiger charge is -2.10. The largest absolute Gasteiger partial charge is 0.494 e. The van der Waals surface area contributed by atoms with Gasteiger partial charge in [-0.15, -0.1) is 10.2 Å². The molecule has 4 aromatic rings. The maximum atomic E-state index is 12.3. The summed E-state index contributed by atoms with van der Waals surface area (Å²) in [5, 5.41) is 14.5. The molecule has 1 heterocycles. The van der Waals surface area contributed by atoms with Gasteiger partial charge in [0, 0.05) is 22.0 Å². The van der Waals surface area contributed by atoms with Crippen LogP contribution in [0.4, 0.5) is 5.69 Å². The van der Waals surface area contributed by atoms with E-state index in [0.717, 1.165) is 38.5 Å². The minimum atomic E-state index is -0.0762. The Hall–Kier alpha value is -3.38. The SMILES string of the molecule is CCOc1ccc(-c2nnc(SCC(=O)Nc3ccccc3)c3ccccc23)cc1. The van der Waals surface area contributed by atoms with Crippen LogP contribution in [-0.2, 0) is 4.79 Å². The van der Waals surface area contributed by atoms with E-state index in [4.69, 9.17) is 4.74 Å². The molecule has 0 spiro atoms. The van der Waals surface area contributed by atoms with Gasteiger partial charge >= 0.3 is 0 Å². The fourth-order valence-electron chi connectivity index (χ4n) is 3.13. The van der Waals surface area contributed by atoms with Crippen LogP contribution in [0.2, 0.25) is 0 Å². The first-order valence-corrected chi connectivity index (χ1v) is 10.7. The molecule has 3 aromatic carbocycles. The van der Waals surface area contributed by atoms with Crippen LogP contribution >= 0.6 is 11.8 Å². The summed E-state index contributed by atoms with van der Waals surface area (Å²) < 4.78 is 5.52. The summed E-state index contributed by atoms with van der Waals surface area (Å²) in [6.07, 6.45) is 0. The molecule has 0 saturated heterocycles. The number of para-hydroxylation sites is 1.